The molecule has 1 aromatic heterocycles. The lowest BCUT2D eigenvalue weighted by Gasteiger charge is -2.27. The van der Waals surface area contributed by atoms with Crippen molar-refractivity contribution >= 4 is 17.8 Å². The molecule has 1 aromatic rings. The molecule has 0 saturated heterocycles. The number of carboxylic acid groups (broad SMARTS) is 1. The van der Waals surface area contributed by atoms with Gasteiger partial charge in [-0.2, -0.15) is 0 Å². The normalized spacial score (nSPS) is 14.8. The van der Waals surface area contributed by atoms with Gasteiger partial charge in [0.15, 0.2) is 0 Å². The van der Waals surface area contributed by atoms with Gasteiger partial charge in [-0.25, -0.2) is 0 Å². The molecule has 0 radical (unpaired) electrons. The molecular weight excluding hydrogens is 398 g/mol. The molecule has 0 fully saturated rings. The van der Waals surface area contributed by atoms with Crippen LogP contribution in [0.2, 0.25) is 0 Å². The number of hydrogen-bond acceptors (Lipinski definition) is 3. The van der Waals surface area contributed by atoms with Crippen LogP contribution in [0.5, 0.6) is 0 Å². The molecule has 0 spiro atoms. The van der Waals surface area contributed by atoms with Crippen LogP contribution in [-0.4, -0.2) is 21.8 Å². The molecular formula is C28H43NO3. The predicted octanol–water partition coefficient (Wildman–Crippen LogP) is 7.50. The quantitative estimate of drug-likeness (QED) is 0.286. The van der Waals surface area contributed by atoms with Crippen molar-refractivity contribution in [3.63, 3.8) is 0 Å². The van der Waals surface area contributed by atoms with Gasteiger partial charge < -0.3 is 5.11 Å². The fourth-order valence-corrected chi connectivity index (χ4v) is 4.23. The monoisotopic (exact) mass is 441 g/mol. The zero-order chi connectivity index (χ0) is 24.1. The number of nitrogens with zero attached hydrogens (tertiary/aromatic N) is 1. The first kappa shape index (κ1) is 27.8. The summed E-state index contributed by atoms with van der Waals surface area (Å²) in [6.07, 6.45) is 15.0. The third-order valence-electron chi connectivity index (χ3n) is 6.23. The van der Waals surface area contributed by atoms with E-state index in [1.807, 2.05) is 33.0 Å². The second-order valence-electron chi connectivity index (χ2n) is 10.1. The van der Waals surface area contributed by atoms with E-state index < -0.39 is 11.4 Å². The standard InChI is InChI=1S/C28H43NO3/c1-21(11-8-13-23(3)19-25-14-9-17-29-20-25)10-7-12-22(2)18-24(4)27(32)28(5,6)16-15-26(30)31/h9,11,14,17,19-20,22,24H,7-8,10,12-13,15-16,18H2,1-6H3,(H,30,31). The van der Waals surface area contributed by atoms with E-state index in [0.29, 0.717) is 12.3 Å². The van der Waals surface area contributed by atoms with Gasteiger partial charge in [-0.3, -0.25) is 14.6 Å². The Bertz CT molecular complexity index is 777. The summed E-state index contributed by atoms with van der Waals surface area (Å²) in [7, 11) is 0. The van der Waals surface area contributed by atoms with Crippen molar-refractivity contribution in [2.24, 2.45) is 17.3 Å². The van der Waals surface area contributed by atoms with Gasteiger partial charge in [0.25, 0.3) is 0 Å². The molecule has 0 aliphatic heterocycles. The molecule has 0 bridgehead atoms. The summed E-state index contributed by atoms with van der Waals surface area (Å²) < 4.78 is 0. The highest BCUT2D eigenvalue weighted by Gasteiger charge is 2.32. The van der Waals surface area contributed by atoms with Crippen LogP contribution in [0.1, 0.15) is 98.5 Å². The maximum atomic E-state index is 12.8. The second-order valence-corrected chi connectivity index (χ2v) is 10.1. The Morgan fingerprint density at radius 1 is 1.12 bits per heavy atom. The molecule has 2 unspecified atom stereocenters. The van der Waals surface area contributed by atoms with Crippen LogP contribution < -0.4 is 0 Å². The Morgan fingerprint density at radius 2 is 1.84 bits per heavy atom. The van der Waals surface area contributed by atoms with Crippen molar-refractivity contribution in [3.8, 4) is 0 Å². The number of Topliss-reactive ketones (excluding diaryl/α,β-unsaturated/α-hetero) is 1. The average molecular weight is 442 g/mol. The van der Waals surface area contributed by atoms with Crippen LogP contribution in [0.15, 0.2) is 41.7 Å². The van der Waals surface area contributed by atoms with E-state index in [0.717, 1.165) is 44.1 Å². The van der Waals surface area contributed by atoms with E-state index in [-0.39, 0.29) is 18.1 Å². The number of pyridine rings is 1. The van der Waals surface area contributed by atoms with Gasteiger partial charge >= 0.3 is 5.97 Å². The van der Waals surface area contributed by atoms with E-state index in [4.69, 9.17) is 5.11 Å². The summed E-state index contributed by atoms with van der Waals surface area (Å²) in [5, 5.41) is 8.90. The Morgan fingerprint density at radius 3 is 2.47 bits per heavy atom. The maximum absolute atomic E-state index is 12.8. The van der Waals surface area contributed by atoms with Gasteiger partial charge in [-0.05, 0) is 69.9 Å². The molecule has 0 saturated carbocycles. The van der Waals surface area contributed by atoms with E-state index in [1.54, 1.807) is 6.20 Å². The van der Waals surface area contributed by atoms with Crippen molar-refractivity contribution in [1.82, 2.24) is 4.98 Å². The van der Waals surface area contributed by atoms with Crippen molar-refractivity contribution in [3.05, 3.63) is 47.3 Å². The first-order chi connectivity index (χ1) is 15.0. The van der Waals surface area contributed by atoms with Crippen LogP contribution in [0.4, 0.5) is 0 Å². The zero-order valence-electron chi connectivity index (χ0n) is 21.0. The van der Waals surface area contributed by atoms with Crippen LogP contribution in [0.3, 0.4) is 0 Å². The smallest absolute Gasteiger partial charge is 0.303 e. The Hall–Kier alpha value is -2.23. The molecule has 2 atom stereocenters. The van der Waals surface area contributed by atoms with Crippen LogP contribution >= 0.6 is 0 Å². The Kier molecular flexibility index (Phi) is 12.2. The molecule has 0 aliphatic carbocycles. The third kappa shape index (κ3) is 11.4. The van der Waals surface area contributed by atoms with E-state index >= 15 is 0 Å². The van der Waals surface area contributed by atoms with Crippen LogP contribution in [0.25, 0.3) is 6.08 Å². The topological polar surface area (TPSA) is 67.3 Å². The lowest BCUT2D eigenvalue weighted by atomic mass is 9.75. The Labute approximate surface area is 195 Å². The SMILES string of the molecule is CC(=Cc1cccnc1)CCC=C(C)CCCC(C)CC(C)C(=O)C(C)(C)CCC(=O)O. The first-order valence-electron chi connectivity index (χ1n) is 12.0. The maximum Gasteiger partial charge on any atom is 0.303 e. The minimum atomic E-state index is -0.838. The van der Waals surface area contributed by atoms with Gasteiger partial charge in [-0.1, -0.05) is 63.5 Å². The molecule has 1 heterocycles. The van der Waals surface area contributed by atoms with Crippen molar-refractivity contribution in [2.45, 2.75) is 92.9 Å². The minimum Gasteiger partial charge on any atom is -0.481 e. The molecule has 0 aromatic carbocycles. The lowest BCUT2D eigenvalue weighted by Crippen LogP contribution is -2.31. The first-order valence-corrected chi connectivity index (χ1v) is 12.0. The molecule has 0 aliphatic rings. The third-order valence-corrected chi connectivity index (χ3v) is 6.23. The average Bonchev–Trinajstić information content (AvgIpc) is 2.72. The van der Waals surface area contributed by atoms with Gasteiger partial charge in [0.1, 0.15) is 5.78 Å². The highest BCUT2D eigenvalue weighted by atomic mass is 16.4. The number of aliphatic carboxylic acids is 1. The number of rotatable bonds is 15. The molecule has 1 rings (SSSR count). The van der Waals surface area contributed by atoms with E-state index in [2.05, 4.69) is 44.0 Å². The summed E-state index contributed by atoms with van der Waals surface area (Å²) in [4.78, 5) is 27.8. The summed E-state index contributed by atoms with van der Waals surface area (Å²) in [5.41, 5.74) is 3.38. The van der Waals surface area contributed by atoms with Gasteiger partial charge in [0, 0.05) is 30.1 Å². The van der Waals surface area contributed by atoms with Crippen LogP contribution in [0, 0.1) is 17.3 Å². The molecule has 178 valence electrons. The zero-order valence-corrected chi connectivity index (χ0v) is 21.0. The van der Waals surface area contributed by atoms with E-state index in [1.165, 1.54) is 11.1 Å². The molecule has 32 heavy (non-hydrogen) atoms. The highest BCUT2D eigenvalue weighted by molar-refractivity contribution is 5.86. The largest absolute Gasteiger partial charge is 0.481 e. The number of carbonyl (C=O) groups is 2. The predicted molar refractivity (Wildman–Crippen MR) is 133 cm³/mol. The molecule has 0 amide bonds. The van der Waals surface area contributed by atoms with Crippen molar-refractivity contribution in [2.75, 3.05) is 0 Å². The summed E-state index contributed by atoms with van der Waals surface area (Å²) >= 11 is 0. The number of ketones is 1. The Balaban J connectivity index is 2.33. The molecule has 4 heteroatoms. The second kappa shape index (κ2) is 14.0. The fraction of sp³-hybridized carbons (Fsp3) is 0.607. The van der Waals surface area contributed by atoms with Crippen molar-refractivity contribution in [1.29, 1.82) is 0 Å². The number of aromatic nitrogens is 1. The van der Waals surface area contributed by atoms with Gasteiger partial charge in [0.05, 0.1) is 0 Å². The summed E-state index contributed by atoms with van der Waals surface area (Å²) in [6, 6.07) is 4.03. The summed E-state index contributed by atoms with van der Waals surface area (Å²) in [6.45, 7) is 12.3. The number of carboxylic acids is 1. The molecule has 4 nitrogen and oxygen atoms in total. The number of allylic oxidation sites excluding steroid dienone is 3. The number of carbonyl (C=O) groups excluding carboxylic acids is 1. The lowest BCUT2D eigenvalue weighted by molar-refractivity contribution is -0.138. The summed E-state index contributed by atoms with van der Waals surface area (Å²) in [5.74, 6) is -0.187. The van der Waals surface area contributed by atoms with Crippen molar-refractivity contribution < 1.29 is 14.7 Å². The highest BCUT2D eigenvalue weighted by Crippen LogP contribution is 2.30. The number of hydrogen-bond donors (Lipinski definition) is 1. The fourth-order valence-electron chi connectivity index (χ4n) is 4.23. The van der Waals surface area contributed by atoms with Gasteiger partial charge in [-0.15, -0.1) is 0 Å². The molecule has 1 N–H and O–H groups in total. The van der Waals surface area contributed by atoms with Crippen LogP contribution in [-0.2, 0) is 9.59 Å². The minimum absolute atomic E-state index is 0.0278. The van der Waals surface area contributed by atoms with Gasteiger partial charge in [0.2, 0.25) is 0 Å². The van der Waals surface area contributed by atoms with E-state index in [9.17, 15) is 9.59 Å².